The molecule has 4 N–H and O–H groups in total. The van der Waals surface area contributed by atoms with E-state index < -0.39 is 11.6 Å². The third kappa shape index (κ3) is 3.68. The molecule has 4 heteroatoms. The van der Waals surface area contributed by atoms with Crippen molar-refractivity contribution in [3.63, 3.8) is 0 Å². The molecule has 1 aliphatic carbocycles. The summed E-state index contributed by atoms with van der Waals surface area (Å²) in [6, 6.07) is -0.467. The molecule has 0 spiro atoms. The van der Waals surface area contributed by atoms with Crippen LogP contribution in [0.4, 0.5) is 0 Å². The molecule has 0 heterocycles. The van der Waals surface area contributed by atoms with Crippen LogP contribution in [0.1, 0.15) is 52.4 Å². The number of carbonyl (C=O) groups is 1. The van der Waals surface area contributed by atoms with Crippen molar-refractivity contribution in [3.8, 4) is 0 Å². The molecule has 0 aromatic heterocycles. The Kier molecular flexibility index (Phi) is 5.40. The summed E-state index contributed by atoms with van der Waals surface area (Å²) >= 11 is 0. The molecule has 1 rings (SSSR count). The monoisotopic (exact) mass is 242 g/mol. The smallest absolute Gasteiger partial charge is 0.237 e. The Hall–Kier alpha value is -0.610. The van der Waals surface area contributed by atoms with Crippen molar-refractivity contribution in [1.29, 1.82) is 0 Å². The molecule has 0 aromatic rings. The summed E-state index contributed by atoms with van der Waals surface area (Å²) in [5.74, 6) is 0.0598. The number of aliphatic hydroxyl groups is 1. The second-order valence-corrected chi connectivity index (χ2v) is 5.40. The third-order valence-electron chi connectivity index (χ3n) is 4.06. The van der Waals surface area contributed by atoms with Crippen molar-refractivity contribution in [2.45, 2.75) is 64.0 Å². The Bertz CT molecular complexity index is 250. The zero-order chi connectivity index (χ0) is 12.9. The Morgan fingerprint density at radius 3 is 2.47 bits per heavy atom. The van der Waals surface area contributed by atoms with Crippen LogP contribution in [-0.2, 0) is 4.79 Å². The maximum absolute atomic E-state index is 12.0. The second kappa shape index (κ2) is 6.36. The fourth-order valence-corrected chi connectivity index (χ4v) is 2.41. The van der Waals surface area contributed by atoms with Gasteiger partial charge < -0.3 is 16.2 Å². The molecule has 17 heavy (non-hydrogen) atoms. The molecule has 1 saturated carbocycles. The Morgan fingerprint density at radius 1 is 1.41 bits per heavy atom. The fourth-order valence-electron chi connectivity index (χ4n) is 2.41. The van der Waals surface area contributed by atoms with E-state index in [1.807, 2.05) is 13.8 Å². The molecule has 0 aliphatic heterocycles. The fraction of sp³-hybridized carbons (Fsp3) is 0.923. The number of hydrogen-bond acceptors (Lipinski definition) is 3. The van der Waals surface area contributed by atoms with Gasteiger partial charge in [-0.15, -0.1) is 0 Å². The van der Waals surface area contributed by atoms with Crippen LogP contribution >= 0.6 is 0 Å². The molecular weight excluding hydrogens is 216 g/mol. The van der Waals surface area contributed by atoms with Crippen LogP contribution in [0.25, 0.3) is 0 Å². The molecule has 0 bridgehead atoms. The zero-order valence-corrected chi connectivity index (χ0v) is 11.0. The van der Waals surface area contributed by atoms with Crippen LogP contribution in [0.15, 0.2) is 0 Å². The highest BCUT2D eigenvalue weighted by atomic mass is 16.3. The van der Waals surface area contributed by atoms with E-state index in [9.17, 15) is 9.90 Å². The Labute approximate surface area is 104 Å². The maximum atomic E-state index is 12.0. The van der Waals surface area contributed by atoms with E-state index in [0.717, 1.165) is 32.1 Å². The quantitative estimate of drug-likeness (QED) is 0.677. The van der Waals surface area contributed by atoms with Gasteiger partial charge in [-0.05, 0) is 18.8 Å². The van der Waals surface area contributed by atoms with Gasteiger partial charge in [-0.2, -0.15) is 0 Å². The standard InChI is InChI=1S/C13H26N2O2/c1-3-10(2)11(14)12(17)15-13(9-16)7-5-4-6-8-13/h10-11,16H,3-9,14H2,1-2H3,(H,15,17)/t10-,11-/m0/s1. The molecule has 4 nitrogen and oxygen atoms in total. The first kappa shape index (κ1) is 14.5. The average Bonchev–Trinajstić information content (AvgIpc) is 2.37. The van der Waals surface area contributed by atoms with Crippen LogP contribution in [0.3, 0.4) is 0 Å². The van der Waals surface area contributed by atoms with Gasteiger partial charge in [0.15, 0.2) is 0 Å². The van der Waals surface area contributed by atoms with E-state index in [4.69, 9.17) is 5.73 Å². The predicted octanol–water partition coefficient (Wildman–Crippen LogP) is 1.17. The van der Waals surface area contributed by atoms with Gasteiger partial charge in [0.05, 0.1) is 18.2 Å². The molecule has 0 radical (unpaired) electrons. The molecule has 1 amide bonds. The average molecular weight is 242 g/mol. The van der Waals surface area contributed by atoms with Gasteiger partial charge in [-0.3, -0.25) is 4.79 Å². The Balaban J connectivity index is 2.58. The van der Waals surface area contributed by atoms with E-state index in [1.165, 1.54) is 6.42 Å². The maximum Gasteiger partial charge on any atom is 0.237 e. The molecule has 2 atom stereocenters. The van der Waals surface area contributed by atoms with Crippen molar-refractivity contribution >= 4 is 5.91 Å². The minimum absolute atomic E-state index is 0.0198. The minimum atomic E-state index is -0.467. The number of hydrogen-bond donors (Lipinski definition) is 3. The van der Waals surface area contributed by atoms with Crippen LogP contribution in [0, 0.1) is 5.92 Å². The number of aliphatic hydroxyl groups excluding tert-OH is 1. The van der Waals surface area contributed by atoms with Gasteiger partial charge in [0.25, 0.3) is 0 Å². The van der Waals surface area contributed by atoms with Crippen LogP contribution in [0.5, 0.6) is 0 Å². The molecular formula is C13H26N2O2. The zero-order valence-electron chi connectivity index (χ0n) is 11.0. The van der Waals surface area contributed by atoms with E-state index in [2.05, 4.69) is 5.32 Å². The van der Waals surface area contributed by atoms with Gasteiger partial charge in [0, 0.05) is 0 Å². The van der Waals surface area contributed by atoms with Crippen molar-refractivity contribution in [2.75, 3.05) is 6.61 Å². The molecule has 100 valence electrons. The van der Waals surface area contributed by atoms with E-state index >= 15 is 0 Å². The molecule has 1 fully saturated rings. The summed E-state index contributed by atoms with van der Waals surface area (Å²) in [5, 5.41) is 12.5. The van der Waals surface area contributed by atoms with Crippen molar-refractivity contribution in [3.05, 3.63) is 0 Å². The van der Waals surface area contributed by atoms with Crippen molar-refractivity contribution in [2.24, 2.45) is 11.7 Å². The lowest BCUT2D eigenvalue weighted by atomic mass is 9.82. The van der Waals surface area contributed by atoms with Crippen LogP contribution < -0.4 is 11.1 Å². The number of nitrogens with two attached hydrogens (primary N) is 1. The lowest BCUT2D eigenvalue weighted by Gasteiger charge is -2.37. The summed E-state index contributed by atoms with van der Waals surface area (Å²) in [6.45, 7) is 4.03. The summed E-state index contributed by atoms with van der Waals surface area (Å²) in [5.41, 5.74) is 5.49. The first-order valence-corrected chi connectivity index (χ1v) is 6.73. The van der Waals surface area contributed by atoms with E-state index in [1.54, 1.807) is 0 Å². The Morgan fingerprint density at radius 2 is 2.00 bits per heavy atom. The highest BCUT2D eigenvalue weighted by Crippen LogP contribution is 2.28. The van der Waals surface area contributed by atoms with E-state index in [0.29, 0.717) is 0 Å². The first-order chi connectivity index (χ1) is 8.04. The summed E-state index contributed by atoms with van der Waals surface area (Å²) < 4.78 is 0. The lowest BCUT2D eigenvalue weighted by Crippen LogP contribution is -2.57. The normalized spacial score (nSPS) is 22.8. The van der Waals surface area contributed by atoms with Crippen LogP contribution in [-0.4, -0.2) is 29.2 Å². The predicted molar refractivity (Wildman–Crippen MR) is 68.5 cm³/mol. The SMILES string of the molecule is CC[C@H](C)[C@H](N)C(=O)NC1(CO)CCCCC1. The van der Waals surface area contributed by atoms with Gasteiger partial charge >= 0.3 is 0 Å². The van der Waals surface area contributed by atoms with Gasteiger partial charge in [-0.25, -0.2) is 0 Å². The topological polar surface area (TPSA) is 75.4 Å². The summed E-state index contributed by atoms with van der Waals surface area (Å²) in [7, 11) is 0. The third-order valence-corrected chi connectivity index (χ3v) is 4.06. The molecule has 0 aromatic carbocycles. The minimum Gasteiger partial charge on any atom is -0.394 e. The number of amides is 1. The summed E-state index contributed by atoms with van der Waals surface area (Å²) in [6.07, 6.45) is 5.94. The molecule has 0 saturated heterocycles. The first-order valence-electron chi connectivity index (χ1n) is 6.73. The molecule has 1 aliphatic rings. The van der Waals surface area contributed by atoms with Gasteiger partial charge in [0.2, 0.25) is 5.91 Å². The largest absolute Gasteiger partial charge is 0.394 e. The van der Waals surface area contributed by atoms with Crippen molar-refractivity contribution < 1.29 is 9.90 Å². The van der Waals surface area contributed by atoms with Crippen molar-refractivity contribution in [1.82, 2.24) is 5.32 Å². The highest BCUT2D eigenvalue weighted by Gasteiger charge is 2.34. The van der Waals surface area contributed by atoms with Crippen LogP contribution in [0.2, 0.25) is 0 Å². The highest BCUT2D eigenvalue weighted by molar-refractivity contribution is 5.82. The van der Waals surface area contributed by atoms with E-state index in [-0.39, 0.29) is 18.4 Å². The molecule has 0 unspecified atom stereocenters. The van der Waals surface area contributed by atoms with Gasteiger partial charge in [0.1, 0.15) is 0 Å². The summed E-state index contributed by atoms with van der Waals surface area (Å²) in [4.78, 5) is 12.0. The second-order valence-electron chi connectivity index (χ2n) is 5.40. The number of carbonyl (C=O) groups excluding carboxylic acids is 1. The lowest BCUT2D eigenvalue weighted by molar-refractivity contribution is -0.126. The van der Waals surface area contributed by atoms with Gasteiger partial charge in [-0.1, -0.05) is 39.5 Å². The number of nitrogens with one attached hydrogen (secondary N) is 1. The number of rotatable bonds is 5.